The van der Waals surface area contributed by atoms with Gasteiger partial charge in [-0.3, -0.25) is 0 Å². The first kappa shape index (κ1) is 23.2. The van der Waals surface area contributed by atoms with E-state index in [0.29, 0.717) is 38.6 Å². The van der Waals surface area contributed by atoms with Gasteiger partial charge in [-0.1, -0.05) is 36.9 Å². The van der Waals surface area contributed by atoms with Crippen molar-refractivity contribution >= 4 is 16.7 Å². The molecule has 32 heavy (non-hydrogen) atoms. The van der Waals surface area contributed by atoms with Crippen LogP contribution in [0.2, 0.25) is 0 Å². The van der Waals surface area contributed by atoms with Crippen LogP contribution in [0.3, 0.4) is 0 Å². The molecule has 6 heteroatoms. The fourth-order valence-electron chi connectivity index (χ4n) is 2.91. The van der Waals surface area contributed by atoms with Crippen LogP contribution in [0.25, 0.3) is 10.8 Å². The molecule has 0 saturated heterocycles. The maximum atomic E-state index is 11.3. The highest BCUT2D eigenvalue weighted by Gasteiger charge is 2.05. The van der Waals surface area contributed by atoms with Crippen molar-refractivity contribution in [1.82, 2.24) is 0 Å². The minimum Gasteiger partial charge on any atom is -0.491 e. The Labute approximate surface area is 188 Å². The molecule has 0 bridgehead atoms. The number of fused-ring (bicyclic) bond motifs is 1. The third-order valence-corrected chi connectivity index (χ3v) is 4.47. The molecule has 3 rings (SSSR count). The predicted octanol–water partition coefficient (Wildman–Crippen LogP) is 4.81. The fraction of sp³-hybridized carbons (Fsp3) is 0.269. The monoisotopic (exact) mass is 436 g/mol. The van der Waals surface area contributed by atoms with E-state index < -0.39 is 5.97 Å². The highest BCUT2D eigenvalue weighted by atomic mass is 16.6. The van der Waals surface area contributed by atoms with Crippen LogP contribution < -0.4 is 14.2 Å². The fourth-order valence-corrected chi connectivity index (χ4v) is 2.91. The van der Waals surface area contributed by atoms with Gasteiger partial charge in [-0.25, -0.2) is 4.79 Å². The normalized spacial score (nSPS) is 10.5. The second-order valence-electron chi connectivity index (χ2n) is 7.03. The first-order chi connectivity index (χ1) is 15.6. The van der Waals surface area contributed by atoms with E-state index in [1.807, 2.05) is 66.7 Å². The Morgan fingerprint density at radius 3 is 2.28 bits per heavy atom. The quantitative estimate of drug-likeness (QED) is 0.218. The molecular weight excluding hydrogens is 408 g/mol. The van der Waals surface area contributed by atoms with E-state index in [-0.39, 0.29) is 6.61 Å². The Morgan fingerprint density at radius 2 is 1.47 bits per heavy atom. The van der Waals surface area contributed by atoms with E-state index in [1.165, 1.54) is 0 Å². The Bertz CT molecular complexity index is 1020. The lowest BCUT2D eigenvalue weighted by molar-refractivity contribution is -0.140. The van der Waals surface area contributed by atoms with Crippen LogP contribution in [0.15, 0.2) is 78.9 Å². The zero-order valence-corrected chi connectivity index (χ0v) is 18.3. The number of carbonyl (C=O) groups excluding carboxylic acids is 1. The van der Waals surface area contributed by atoms with Crippen LogP contribution in [0, 0.1) is 0 Å². The minimum atomic E-state index is -0.409. The number of rotatable bonds is 13. The Hall–Kier alpha value is -3.51. The summed E-state index contributed by atoms with van der Waals surface area (Å²) in [5.41, 5.74) is 0.374. The molecule has 0 aliphatic carbocycles. The SMILES string of the molecule is C=C(C)C(=O)OCCOCCOc1ccc2c(OCCOc3ccccc3)cccc2c1. The summed E-state index contributed by atoms with van der Waals surface area (Å²) in [5, 5.41) is 2.03. The van der Waals surface area contributed by atoms with Gasteiger partial charge in [0.1, 0.15) is 43.7 Å². The molecule has 0 unspecified atom stereocenters. The topological polar surface area (TPSA) is 63.2 Å². The van der Waals surface area contributed by atoms with Crippen LogP contribution in [0.5, 0.6) is 17.2 Å². The van der Waals surface area contributed by atoms with Gasteiger partial charge in [0.15, 0.2) is 0 Å². The third-order valence-electron chi connectivity index (χ3n) is 4.47. The summed E-state index contributed by atoms with van der Waals surface area (Å²) in [5.74, 6) is 1.97. The number of hydrogen-bond donors (Lipinski definition) is 0. The van der Waals surface area contributed by atoms with E-state index in [4.69, 9.17) is 23.7 Å². The smallest absolute Gasteiger partial charge is 0.333 e. The van der Waals surface area contributed by atoms with Crippen molar-refractivity contribution in [2.75, 3.05) is 39.6 Å². The Kier molecular flexibility index (Phi) is 8.95. The number of benzene rings is 3. The Morgan fingerprint density at radius 1 is 0.750 bits per heavy atom. The predicted molar refractivity (Wildman–Crippen MR) is 123 cm³/mol. The van der Waals surface area contributed by atoms with E-state index in [1.54, 1.807) is 6.92 Å². The Balaban J connectivity index is 1.41. The molecule has 0 radical (unpaired) electrons. The van der Waals surface area contributed by atoms with Crippen LogP contribution in [-0.4, -0.2) is 45.6 Å². The maximum absolute atomic E-state index is 11.3. The molecule has 0 aromatic heterocycles. The molecule has 0 saturated carbocycles. The zero-order chi connectivity index (χ0) is 22.6. The molecule has 3 aromatic rings. The van der Waals surface area contributed by atoms with Gasteiger partial charge in [0.05, 0.1) is 13.2 Å². The van der Waals surface area contributed by atoms with Crippen LogP contribution in [0.4, 0.5) is 0 Å². The van der Waals surface area contributed by atoms with Gasteiger partial charge < -0.3 is 23.7 Å². The highest BCUT2D eigenvalue weighted by Crippen LogP contribution is 2.28. The first-order valence-electron chi connectivity index (χ1n) is 10.5. The van der Waals surface area contributed by atoms with Crippen molar-refractivity contribution in [1.29, 1.82) is 0 Å². The average molecular weight is 437 g/mol. The molecule has 0 N–H and O–H groups in total. The molecule has 0 atom stereocenters. The van der Waals surface area contributed by atoms with Crippen LogP contribution in [-0.2, 0) is 14.3 Å². The summed E-state index contributed by atoms with van der Waals surface area (Å²) >= 11 is 0. The number of hydrogen-bond acceptors (Lipinski definition) is 6. The van der Waals surface area contributed by atoms with Gasteiger partial charge in [0, 0.05) is 11.0 Å². The third kappa shape index (κ3) is 7.32. The first-order valence-corrected chi connectivity index (χ1v) is 10.5. The molecule has 0 heterocycles. The highest BCUT2D eigenvalue weighted by molar-refractivity contribution is 5.89. The molecule has 0 spiro atoms. The summed E-state index contributed by atoms with van der Waals surface area (Å²) in [7, 11) is 0. The van der Waals surface area contributed by atoms with Crippen molar-refractivity contribution in [2.45, 2.75) is 6.92 Å². The van der Waals surface area contributed by atoms with Gasteiger partial charge in [-0.05, 0) is 48.7 Å². The molecule has 0 amide bonds. The van der Waals surface area contributed by atoms with Gasteiger partial charge in [0.2, 0.25) is 0 Å². The molecular formula is C26H28O6. The van der Waals surface area contributed by atoms with Gasteiger partial charge >= 0.3 is 5.97 Å². The lowest BCUT2D eigenvalue weighted by atomic mass is 10.1. The second kappa shape index (κ2) is 12.4. The van der Waals surface area contributed by atoms with Crippen molar-refractivity contribution < 1.29 is 28.5 Å². The summed E-state index contributed by atoms with van der Waals surface area (Å²) < 4.78 is 27.7. The average Bonchev–Trinajstić information content (AvgIpc) is 2.81. The van der Waals surface area contributed by atoms with E-state index in [2.05, 4.69) is 6.58 Å². The van der Waals surface area contributed by atoms with Crippen molar-refractivity contribution in [3.63, 3.8) is 0 Å². The van der Waals surface area contributed by atoms with E-state index >= 15 is 0 Å². The number of esters is 1. The summed E-state index contributed by atoms with van der Waals surface area (Å²) in [6.45, 7) is 7.35. The lowest BCUT2D eigenvalue weighted by Crippen LogP contribution is -2.13. The molecule has 3 aromatic carbocycles. The largest absolute Gasteiger partial charge is 0.491 e. The molecule has 6 nitrogen and oxygen atoms in total. The van der Waals surface area contributed by atoms with Crippen LogP contribution >= 0.6 is 0 Å². The number of para-hydroxylation sites is 1. The van der Waals surface area contributed by atoms with Crippen molar-refractivity contribution in [3.8, 4) is 17.2 Å². The molecule has 0 aliphatic heterocycles. The van der Waals surface area contributed by atoms with Crippen molar-refractivity contribution in [2.24, 2.45) is 0 Å². The van der Waals surface area contributed by atoms with Crippen LogP contribution in [0.1, 0.15) is 6.92 Å². The molecule has 168 valence electrons. The second-order valence-corrected chi connectivity index (χ2v) is 7.03. The molecule has 0 aliphatic rings. The number of ether oxygens (including phenoxy) is 5. The zero-order valence-electron chi connectivity index (χ0n) is 18.3. The summed E-state index contributed by atoms with van der Waals surface area (Å²) in [4.78, 5) is 11.3. The van der Waals surface area contributed by atoms with Crippen molar-refractivity contribution in [3.05, 3.63) is 78.9 Å². The molecule has 0 fully saturated rings. The van der Waals surface area contributed by atoms with Gasteiger partial charge in [0.25, 0.3) is 0 Å². The minimum absolute atomic E-state index is 0.195. The summed E-state index contributed by atoms with van der Waals surface area (Å²) in [6.07, 6.45) is 0. The summed E-state index contributed by atoms with van der Waals surface area (Å²) in [6, 6.07) is 21.4. The van der Waals surface area contributed by atoms with E-state index in [0.717, 1.165) is 28.0 Å². The number of carbonyl (C=O) groups is 1. The standard InChI is InChI=1S/C26H28O6/c1-20(2)26(27)32-16-14-28-13-15-30-23-11-12-24-21(19-23)7-6-10-25(24)31-18-17-29-22-8-4-3-5-9-22/h3-12,19H,1,13-18H2,2H3. The lowest BCUT2D eigenvalue weighted by Gasteiger charge is -2.12. The maximum Gasteiger partial charge on any atom is 0.333 e. The van der Waals surface area contributed by atoms with Gasteiger partial charge in [-0.2, -0.15) is 0 Å². The van der Waals surface area contributed by atoms with Gasteiger partial charge in [-0.15, -0.1) is 0 Å². The van der Waals surface area contributed by atoms with E-state index in [9.17, 15) is 4.79 Å².